The average Bonchev–Trinajstić information content (AvgIpc) is 3.09. The average molecular weight is 718 g/mol. The van der Waals surface area contributed by atoms with Crippen molar-refractivity contribution in [3.05, 3.63) is 78.4 Å². The summed E-state index contributed by atoms with van der Waals surface area (Å²) >= 11 is 0. The molecule has 1 heterocycles. The summed E-state index contributed by atoms with van der Waals surface area (Å²) < 4.78 is 74.7. The smallest absolute Gasteiger partial charge is 0.261 e. The van der Waals surface area contributed by atoms with Gasteiger partial charge in [0.1, 0.15) is 11.5 Å². The zero-order valence-corrected chi connectivity index (χ0v) is 30.2. The highest BCUT2D eigenvalue weighted by Gasteiger charge is 2.32. The van der Waals surface area contributed by atoms with Gasteiger partial charge < -0.3 is 24.2 Å². The van der Waals surface area contributed by atoms with Gasteiger partial charge in [-0.2, -0.15) is 4.31 Å². The third kappa shape index (κ3) is 9.73. The lowest BCUT2D eigenvalue weighted by Gasteiger charge is -2.35. The maximum atomic E-state index is 14.4. The Balaban J connectivity index is 1.67. The van der Waals surface area contributed by atoms with Gasteiger partial charge in [0.2, 0.25) is 10.0 Å². The lowest BCUT2D eigenvalue weighted by molar-refractivity contribution is -0.00833. The van der Waals surface area contributed by atoms with Crippen molar-refractivity contribution in [1.82, 2.24) is 9.21 Å². The first kappa shape index (κ1) is 38.1. The van der Waals surface area contributed by atoms with Crippen molar-refractivity contribution in [3.63, 3.8) is 0 Å². The number of carbonyl (C=O) groups is 1. The fourth-order valence-corrected chi connectivity index (χ4v) is 7.80. The topological polar surface area (TPSA) is 152 Å². The van der Waals surface area contributed by atoms with E-state index in [0.29, 0.717) is 25.2 Å². The Kier molecular flexibility index (Phi) is 13.1. The first-order chi connectivity index (χ1) is 23.3. The largest absolute Gasteiger partial charge is 0.497 e. The van der Waals surface area contributed by atoms with Gasteiger partial charge in [0.15, 0.2) is 0 Å². The van der Waals surface area contributed by atoms with Crippen molar-refractivity contribution in [2.75, 3.05) is 45.2 Å². The van der Waals surface area contributed by atoms with Crippen LogP contribution in [0.1, 0.15) is 50.4 Å². The lowest BCUT2D eigenvalue weighted by atomic mass is 10.0. The van der Waals surface area contributed by atoms with E-state index in [0.717, 1.165) is 6.42 Å². The summed E-state index contributed by atoms with van der Waals surface area (Å²) in [4.78, 5) is 16.1. The third-order valence-electron chi connectivity index (χ3n) is 8.56. The van der Waals surface area contributed by atoms with E-state index >= 15 is 0 Å². The van der Waals surface area contributed by atoms with E-state index < -0.39 is 38.1 Å². The fourth-order valence-electron chi connectivity index (χ4n) is 5.54. The van der Waals surface area contributed by atoms with Crippen LogP contribution < -0.4 is 14.2 Å². The maximum Gasteiger partial charge on any atom is 0.261 e. The summed E-state index contributed by atoms with van der Waals surface area (Å²) in [5.41, 5.74) is 0.270. The van der Waals surface area contributed by atoms with Crippen molar-refractivity contribution in [3.8, 4) is 11.5 Å². The highest BCUT2D eigenvalue weighted by molar-refractivity contribution is 7.92. The summed E-state index contributed by atoms with van der Waals surface area (Å²) in [6.07, 6.45) is 1.26. The van der Waals surface area contributed by atoms with Gasteiger partial charge in [0.25, 0.3) is 15.9 Å². The monoisotopic (exact) mass is 717 g/mol. The molecule has 0 saturated carbocycles. The number of hydrogen-bond acceptors (Lipinski definition) is 9. The molecule has 0 spiro atoms. The van der Waals surface area contributed by atoms with E-state index in [1.54, 1.807) is 49.4 Å². The number of benzene rings is 3. The summed E-state index contributed by atoms with van der Waals surface area (Å²) in [6.45, 7) is 5.67. The first-order valence-electron chi connectivity index (χ1n) is 16.3. The second-order valence-corrected chi connectivity index (χ2v) is 16.1. The molecule has 0 fully saturated rings. The summed E-state index contributed by atoms with van der Waals surface area (Å²) in [5.74, 6) is -0.0608. The Morgan fingerprint density at radius 1 is 1.00 bits per heavy atom. The molecule has 0 radical (unpaired) electrons. The van der Waals surface area contributed by atoms with Crippen LogP contribution in [-0.4, -0.2) is 95.8 Å². The minimum absolute atomic E-state index is 0.0132. The van der Waals surface area contributed by atoms with Crippen molar-refractivity contribution < 1.29 is 40.9 Å². The number of aliphatic hydroxyl groups is 1. The molecule has 4 atom stereocenters. The number of ether oxygens (including phenoxy) is 3. The van der Waals surface area contributed by atoms with Crippen LogP contribution in [0.25, 0.3) is 0 Å². The molecule has 268 valence electrons. The molecule has 0 aromatic heterocycles. The van der Waals surface area contributed by atoms with E-state index in [2.05, 4.69) is 4.72 Å². The number of amides is 1. The zero-order chi connectivity index (χ0) is 35.8. The Morgan fingerprint density at radius 3 is 2.35 bits per heavy atom. The molecule has 0 bridgehead atoms. The number of carbonyl (C=O) groups excluding carboxylic acids is 1. The van der Waals surface area contributed by atoms with Crippen LogP contribution in [0, 0.1) is 5.92 Å². The zero-order valence-electron chi connectivity index (χ0n) is 28.6. The van der Waals surface area contributed by atoms with Crippen molar-refractivity contribution >= 4 is 31.6 Å². The third-order valence-corrected chi connectivity index (χ3v) is 11.8. The molecule has 4 rings (SSSR count). The summed E-state index contributed by atoms with van der Waals surface area (Å²) in [6, 6.07) is 18.0. The minimum Gasteiger partial charge on any atom is -0.497 e. The molecule has 49 heavy (non-hydrogen) atoms. The predicted octanol–water partition coefficient (Wildman–Crippen LogP) is 4.61. The standard InChI is InChI=1S/C35H47N3O9S2/c1-25-22-38(26(2)24-39)35(40)32-21-28(36-48(41,42)30-17-15-29(45-5)16-18-30)14-19-33(32)47-27(3)11-9-10-20-46-34(25)23-37(4)49(43,44)31-12-7-6-8-13-31/h6-8,12-19,21,25-27,34,36,39H,9-11,20,22-24H2,1-5H3/t25-,26+,27-,34+/m0/s1. The van der Waals surface area contributed by atoms with Gasteiger partial charge >= 0.3 is 0 Å². The van der Waals surface area contributed by atoms with Crippen molar-refractivity contribution in [1.29, 1.82) is 0 Å². The maximum absolute atomic E-state index is 14.4. The van der Waals surface area contributed by atoms with E-state index in [9.17, 15) is 26.7 Å². The van der Waals surface area contributed by atoms with Crippen LogP contribution in [0.15, 0.2) is 82.6 Å². The molecular formula is C35H47N3O9S2. The number of hydrogen-bond donors (Lipinski definition) is 2. The Bertz CT molecular complexity index is 1750. The molecule has 12 nitrogen and oxygen atoms in total. The molecule has 1 amide bonds. The van der Waals surface area contributed by atoms with Gasteiger partial charge in [0, 0.05) is 38.3 Å². The Labute approximate surface area is 290 Å². The van der Waals surface area contributed by atoms with E-state index in [4.69, 9.17) is 14.2 Å². The van der Waals surface area contributed by atoms with Crippen LogP contribution >= 0.6 is 0 Å². The first-order valence-corrected chi connectivity index (χ1v) is 19.2. The quantitative estimate of drug-likeness (QED) is 0.306. The number of sulfonamides is 2. The Hall–Kier alpha value is -3.69. The fraction of sp³-hybridized carbons (Fsp3) is 0.457. The van der Waals surface area contributed by atoms with E-state index in [-0.39, 0.29) is 58.5 Å². The Morgan fingerprint density at radius 2 is 1.69 bits per heavy atom. The number of aliphatic hydroxyl groups excluding tert-OH is 1. The van der Waals surface area contributed by atoms with E-state index in [1.165, 1.54) is 53.7 Å². The molecule has 0 unspecified atom stereocenters. The van der Waals surface area contributed by atoms with Crippen LogP contribution in [0.5, 0.6) is 11.5 Å². The number of likely N-dealkylation sites (N-methyl/N-ethyl adjacent to an activating group) is 1. The van der Waals surface area contributed by atoms with Gasteiger partial charge in [-0.3, -0.25) is 9.52 Å². The number of nitrogens with zero attached hydrogens (tertiary/aromatic N) is 2. The number of anilines is 1. The van der Waals surface area contributed by atoms with Gasteiger partial charge in [-0.15, -0.1) is 0 Å². The van der Waals surface area contributed by atoms with Gasteiger partial charge in [-0.1, -0.05) is 25.1 Å². The van der Waals surface area contributed by atoms with Crippen LogP contribution in [0.3, 0.4) is 0 Å². The van der Waals surface area contributed by atoms with Crippen LogP contribution in [-0.2, 0) is 24.8 Å². The number of rotatable bonds is 10. The molecule has 3 aromatic carbocycles. The number of methoxy groups -OCH3 is 1. The molecule has 0 aliphatic carbocycles. The van der Waals surface area contributed by atoms with Gasteiger partial charge in [-0.05, 0) is 87.7 Å². The lowest BCUT2D eigenvalue weighted by Crippen LogP contribution is -2.48. The normalized spacial score (nSPS) is 20.5. The highest BCUT2D eigenvalue weighted by atomic mass is 32.2. The van der Waals surface area contributed by atoms with Crippen molar-refractivity contribution in [2.24, 2.45) is 5.92 Å². The molecule has 14 heteroatoms. The SMILES string of the molecule is COc1ccc(S(=O)(=O)Nc2ccc3c(c2)C(=O)N([C@H](C)CO)C[C@H](C)[C@@H](CN(C)S(=O)(=O)c2ccccc2)OCCCC[C@H](C)O3)cc1. The molecular weight excluding hydrogens is 671 g/mol. The van der Waals surface area contributed by atoms with Crippen LogP contribution in [0.4, 0.5) is 5.69 Å². The molecule has 1 aliphatic rings. The van der Waals surface area contributed by atoms with E-state index in [1.807, 2.05) is 13.8 Å². The van der Waals surface area contributed by atoms with Crippen molar-refractivity contribution in [2.45, 2.75) is 68.1 Å². The number of fused-ring (bicyclic) bond motifs is 1. The summed E-state index contributed by atoms with van der Waals surface area (Å²) in [7, 11) is -4.83. The van der Waals surface area contributed by atoms with Crippen LogP contribution in [0.2, 0.25) is 0 Å². The van der Waals surface area contributed by atoms with Gasteiger partial charge in [0.05, 0.1) is 47.3 Å². The van der Waals surface area contributed by atoms with Gasteiger partial charge in [-0.25, -0.2) is 16.8 Å². The molecule has 3 aromatic rings. The summed E-state index contributed by atoms with van der Waals surface area (Å²) in [5, 5.41) is 10.2. The molecule has 1 aliphatic heterocycles. The second kappa shape index (κ2) is 16.8. The minimum atomic E-state index is -4.02. The number of nitrogens with one attached hydrogen (secondary N) is 1. The highest BCUT2D eigenvalue weighted by Crippen LogP contribution is 2.30. The molecule has 2 N–H and O–H groups in total. The molecule has 0 saturated heterocycles. The predicted molar refractivity (Wildman–Crippen MR) is 187 cm³/mol. The second-order valence-electron chi connectivity index (χ2n) is 12.4.